The summed E-state index contributed by atoms with van der Waals surface area (Å²) in [5.74, 6) is 1.42. The van der Waals surface area contributed by atoms with Gasteiger partial charge in [0.15, 0.2) is 0 Å². The van der Waals surface area contributed by atoms with E-state index in [0.717, 1.165) is 11.1 Å². The number of imidazole rings is 1. The predicted molar refractivity (Wildman–Crippen MR) is 89.8 cm³/mol. The third kappa shape index (κ3) is 4.03. The minimum Gasteiger partial charge on any atom is -0.496 e. The fourth-order valence-corrected chi connectivity index (χ4v) is 3.44. The number of fused-ring (bicyclic) bond motifs is 1. The minimum atomic E-state index is -1.42. The fourth-order valence-electron chi connectivity index (χ4n) is 2.38. The number of nitrogens with zero attached hydrogens (tertiary/aromatic N) is 4. The van der Waals surface area contributed by atoms with Crippen LogP contribution >= 0.6 is 0 Å². The van der Waals surface area contributed by atoms with Gasteiger partial charge < -0.3 is 24.4 Å². The average molecular weight is 368 g/mol. The summed E-state index contributed by atoms with van der Waals surface area (Å²) in [7, 11) is 1.72. The van der Waals surface area contributed by atoms with Crippen LogP contribution in [0, 0.1) is 13.8 Å². The molecule has 0 aromatic carbocycles. The van der Waals surface area contributed by atoms with Crippen molar-refractivity contribution in [1.82, 2.24) is 19.9 Å². The van der Waals surface area contributed by atoms with Crippen LogP contribution in [0.3, 0.4) is 0 Å². The average Bonchev–Trinajstić information content (AvgIpc) is 2.98. The molecule has 1 unspecified atom stereocenters. The van der Waals surface area contributed by atoms with Gasteiger partial charge in [-0.25, -0.2) is 0 Å². The molecule has 0 radical (unpaired) electrons. The van der Waals surface area contributed by atoms with Gasteiger partial charge in [-0.3, -0.25) is 9.19 Å². The summed E-state index contributed by atoms with van der Waals surface area (Å²) in [5, 5.41) is 0.245. The van der Waals surface area contributed by atoms with Crippen LogP contribution in [0.25, 0.3) is 11.2 Å². The van der Waals surface area contributed by atoms with Crippen LogP contribution in [-0.2, 0) is 16.6 Å². The van der Waals surface area contributed by atoms with Gasteiger partial charge in [-0.2, -0.15) is 0 Å². The summed E-state index contributed by atoms with van der Waals surface area (Å²) in [4.78, 5) is 17.2. The van der Waals surface area contributed by atoms with E-state index >= 15 is 0 Å². The van der Waals surface area contributed by atoms with Gasteiger partial charge in [-0.15, -0.1) is 0 Å². The second kappa shape index (κ2) is 8.27. The van der Waals surface area contributed by atoms with Crippen LogP contribution in [0.15, 0.2) is 23.5 Å². The molecule has 3 aromatic rings. The second-order valence-corrected chi connectivity index (χ2v) is 6.58. The molecule has 0 spiro atoms. The van der Waals surface area contributed by atoms with Crippen LogP contribution in [0.2, 0.25) is 0 Å². The number of ether oxygens (including phenoxy) is 2. The molecule has 0 amide bonds. The van der Waals surface area contributed by atoms with Crippen molar-refractivity contribution in [2.75, 3.05) is 14.2 Å². The standard InChI is InChI=1S/C16H17N4O3S.Na/c1-9-7-11-14(19-15(9)23-4)20-16(18-11)24(21)8-12-10(2)13(22-3)5-6-17-12;/h5-7H,8H2,1-4H3;/q-1;+1. The molecule has 126 valence electrons. The Hall–Kier alpha value is -1.48. The summed E-state index contributed by atoms with van der Waals surface area (Å²) < 4.78 is 23.1. The Balaban J connectivity index is 0.00000225. The van der Waals surface area contributed by atoms with Crippen molar-refractivity contribution in [1.29, 1.82) is 0 Å². The molecule has 1 atom stereocenters. The van der Waals surface area contributed by atoms with Crippen molar-refractivity contribution in [3.63, 3.8) is 0 Å². The predicted octanol–water partition coefficient (Wildman–Crippen LogP) is -1.07. The smallest absolute Gasteiger partial charge is 0.496 e. The first kappa shape index (κ1) is 19.8. The monoisotopic (exact) mass is 368 g/mol. The van der Waals surface area contributed by atoms with Crippen molar-refractivity contribution in [2.45, 2.75) is 24.8 Å². The maximum Gasteiger partial charge on any atom is 1.00 e. The summed E-state index contributed by atoms with van der Waals surface area (Å²) in [6, 6.07) is 3.60. The van der Waals surface area contributed by atoms with E-state index in [9.17, 15) is 4.21 Å². The number of aryl methyl sites for hydroxylation is 1. The summed E-state index contributed by atoms with van der Waals surface area (Å²) in [6.45, 7) is 3.76. The second-order valence-electron chi connectivity index (χ2n) is 5.24. The molecule has 3 aromatic heterocycles. The third-order valence-electron chi connectivity index (χ3n) is 3.69. The van der Waals surface area contributed by atoms with Crippen molar-refractivity contribution in [3.05, 3.63) is 35.2 Å². The van der Waals surface area contributed by atoms with Crippen molar-refractivity contribution >= 4 is 22.0 Å². The van der Waals surface area contributed by atoms with Crippen LogP contribution in [0.5, 0.6) is 11.6 Å². The largest absolute Gasteiger partial charge is 1.00 e. The normalized spacial score (nSPS) is 11.8. The van der Waals surface area contributed by atoms with Gasteiger partial charge in [0.05, 0.1) is 41.6 Å². The van der Waals surface area contributed by atoms with Crippen molar-refractivity contribution in [2.24, 2.45) is 0 Å². The Morgan fingerprint density at radius 1 is 1.20 bits per heavy atom. The SMILES string of the molecule is COc1ccnc(CS(=O)c2nc3cc(C)c(OC)nc3[n-]2)c1C.[Na+]. The molecule has 3 heterocycles. The fraction of sp³-hybridized carbons (Fsp3) is 0.312. The molecule has 0 bridgehead atoms. The van der Waals surface area contributed by atoms with Crippen LogP contribution in [0.4, 0.5) is 0 Å². The Bertz CT molecular complexity index is 929. The van der Waals surface area contributed by atoms with E-state index in [0.29, 0.717) is 28.5 Å². The number of aromatic nitrogens is 4. The molecule has 25 heavy (non-hydrogen) atoms. The van der Waals surface area contributed by atoms with Gasteiger partial charge in [0, 0.05) is 22.9 Å². The molecule has 0 aliphatic rings. The quantitative estimate of drug-likeness (QED) is 0.530. The molecule has 0 saturated carbocycles. The zero-order valence-electron chi connectivity index (χ0n) is 14.9. The Labute approximate surface area is 170 Å². The van der Waals surface area contributed by atoms with Gasteiger partial charge >= 0.3 is 29.6 Å². The molecule has 0 aliphatic heterocycles. The van der Waals surface area contributed by atoms with E-state index in [1.54, 1.807) is 26.5 Å². The third-order valence-corrected chi connectivity index (χ3v) is 4.81. The van der Waals surface area contributed by atoms with Crippen LogP contribution in [-0.4, -0.2) is 33.4 Å². The summed E-state index contributed by atoms with van der Waals surface area (Å²) in [6.07, 6.45) is 1.64. The van der Waals surface area contributed by atoms with Crippen LogP contribution in [0.1, 0.15) is 16.8 Å². The molecule has 0 N–H and O–H groups in total. The Morgan fingerprint density at radius 2 is 1.96 bits per heavy atom. The van der Waals surface area contributed by atoms with Crippen molar-refractivity contribution in [3.8, 4) is 11.6 Å². The first-order valence-electron chi connectivity index (χ1n) is 7.26. The van der Waals surface area contributed by atoms with Gasteiger partial charge in [-0.05, 0) is 31.5 Å². The maximum atomic E-state index is 12.6. The van der Waals surface area contributed by atoms with E-state index in [2.05, 4.69) is 19.9 Å². The number of hydrogen-bond acceptors (Lipinski definition) is 6. The van der Waals surface area contributed by atoms with E-state index in [1.807, 2.05) is 19.9 Å². The minimum absolute atomic E-state index is 0. The zero-order chi connectivity index (χ0) is 17.3. The van der Waals surface area contributed by atoms with Crippen LogP contribution < -0.4 is 44.0 Å². The van der Waals surface area contributed by atoms with E-state index in [-0.39, 0.29) is 40.5 Å². The molecule has 0 aliphatic carbocycles. The van der Waals surface area contributed by atoms with Crippen molar-refractivity contribution < 1.29 is 43.2 Å². The van der Waals surface area contributed by atoms with Gasteiger partial charge in [0.1, 0.15) is 11.6 Å². The first-order chi connectivity index (χ1) is 11.5. The van der Waals surface area contributed by atoms with E-state index in [1.165, 1.54) is 0 Å². The summed E-state index contributed by atoms with van der Waals surface area (Å²) >= 11 is 0. The molecule has 7 nitrogen and oxygen atoms in total. The topological polar surface area (TPSA) is 88.3 Å². The number of pyridine rings is 2. The molecule has 9 heteroatoms. The van der Waals surface area contributed by atoms with E-state index in [4.69, 9.17) is 9.47 Å². The van der Waals surface area contributed by atoms with Gasteiger partial charge in [0.25, 0.3) is 0 Å². The van der Waals surface area contributed by atoms with Gasteiger partial charge in [0.2, 0.25) is 0 Å². The van der Waals surface area contributed by atoms with E-state index < -0.39 is 10.8 Å². The summed E-state index contributed by atoms with van der Waals surface area (Å²) in [5.41, 5.74) is 3.44. The zero-order valence-corrected chi connectivity index (χ0v) is 17.7. The molecule has 3 rings (SSSR count). The maximum absolute atomic E-state index is 12.6. The molecular formula is C16H17N4NaO3S. The number of hydrogen-bond donors (Lipinski definition) is 0. The van der Waals surface area contributed by atoms with Gasteiger partial charge in [-0.1, -0.05) is 0 Å². The molecule has 0 saturated heterocycles. The number of methoxy groups -OCH3 is 2. The Morgan fingerprint density at radius 3 is 2.64 bits per heavy atom. The molecule has 0 fully saturated rings. The first-order valence-corrected chi connectivity index (χ1v) is 8.58. The Kier molecular flexibility index (Phi) is 6.56. The molecular weight excluding hydrogens is 351 g/mol. The number of rotatable bonds is 5.